The highest BCUT2D eigenvalue weighted by Crippen LogP contribution is 2.31. The maximum absolute atomic E-state index is 11.6. The highest BCUT2D eigenvalue weighted by atomic mass is 16.5. The molecule has 2 aliphatic rings. The van der Waals surface area contributed by atoms with Crippen molar-refractivity contribution in [2.45, 2.75) is 64.0 Å². The van der Waals surface area contributed by atoms with Gasteiger partial charge in [-0.15, -0.1) is 0 Å². The predicted molar refractivity (Wildman–Crippen MR) is 63.2 cm³/mol. The topological polar surface area (TPSA) is 38.3 Å². The Labute approximate surface area is 97.9 Å². The average molecular weight is 225 g/mol. The van der Waals surface area contributed by atoms with Gasteiger partial charge in [0, 0.05) is 6.04 Å². The SMILES string of the molecule is CCOC(=O)[C@H]1CC[C@@H](C2CCCCC2)N1. The van der Waals surface area contributed by atoms with E-state index in [0.29, 0.717) is 12.6 Å². The maximum Gasteiger partial charge on any atom is 0.323 e. The number of carbonyl (C=O) groups is 1. The van der Waals surface area contributed by atoms with Crippen molar-refractivity contribution >= 4 is 5.97 Å². The van der Waals surface area contributed by atoms with Crippen LogP contribution in [0.2, 0.25) is 0 Å². The summed E-state index contributed by atoms with van der Waals surface area (Å²) < 4.78 is 5.06. The van der Waals surface area contributed by atoms with Crippen molar-refractivity contribution in [1.82, 2.24) is 5.32 Å². The Hall–Kier alpha value is -0.570. The van der Waals surface area contributed by atoms with E-state index in [1.165, 1.54) is 32.1 Å². The third-order valence-corrected chi connectivity index (χ3v) is 3.97. The molecular formula is C13H23NO2. The first kappa shape index (κ1) is 11.9. The van der Waals surface area contributed by atoms with Crippen LogP contribution in [0.15, 0.2) is 0 Å². The Morgan fingerprint density at radius 1 is 1.19 bits per heavy atom. The Bertz CT molecular complexity index is 236. The van der Waals surface area contributed by atoms with Crippen LogP contribution in [0, 0.1) is 5.92 Å². The quantitative estimate of drug-likeness (QED) is 0.749. The number of rotatable bonds is 3. The first-order valence-corrected chi connectivity index (χ1v) is 6.74. The second-order valence-corrected chi connectivity index (χ2v) is 5.05. The summed E-state index contributed by atoms with van der Waals surface area (Å²) in [5.74, 6) is 0.744. The van der Waals surface area contributed by atoms with Crippen molar-refractivity contribution in [2.24, 2.45) is 5.92 Å². The minimum atomic E-state index is -0.0548. The van der Waals surface area contributed by atoms with Crippen molar-refractivity contribution in [3.8, 4) is 0 Å². The van der Waals surface area contributed by atoms with E-state index in [4.69, 9.17) is 4.74 Å². The molecule has 1 saturated heterocycles. The number of ether oxygens (including phenoxy) is 1. The van der Waals surface area contributed by atoms with Crippen LogP contribution in [0.1, 0.15) is 51.9 Å². The molecule has 2 fully saturated rings. The largest absolute Gasteiger partial charge is 0.465 e. The van der Waals surface area contributed by atoms with Crippen molar-refractivity contribution in [3.05, 3.63) is 0 Å². The van der Waals surface area contributed by atoms with E-state index in [1.54, 1.807) is 0 Å². The molecule has 1 saturated carbocycles. The molecule has 1 aliphatic heterocycles. The Morgan fingerprint density at radius 3 is 2.62 bits per heavy atom. The maximum atomic E-state index is 11.6. The first-order chi connectivity index (χ1) is 7.81. The third-order valence-electron chi connectivity index (χ3n) is 3.97. The van der Waals surface area contributed by atoms with Crippen LogP contribution in [-0.2, 0) is 9.53 Å². The van der Waals surface area contributed by atoms with Crippen molar-refractivity contribution in [1.29, 1.82) is 0 Å². The summed E-state index contributed by atoms with van der Waals surface area (Å²) in [6.07, 6.45) is 8.92. The molecule has 0 unspecified atom stereocenters. The molecule has 92 valence electrons. The van der Waals surface area contributed by atoms with Crippen LogP contribution < -0.4 is 5.32 Å². The highest BCUT2D eigenvalue weighted by molar-refractivity contribution is 5.76. The van der Waals surface area contributed by atoms with Gasteiger partial charge in [0.2, 0.25) is 0 Å². The molecule has 0 radical (unpaired) electrons. The Balaban J connectivity index is 1.80. The minimum Gasteiger partial charge on any atom is -0.465 e. The predicted octanol–water partition coefficient (Wildman–Crippen LogP) is 2.25. The lowest BCUT2D eigenvalue weighted by Gasteiger charge is -2.27. The molecule has 16 heavy (non-hydrogen) atoms. The second kappa shape index (κ2) is 5.67. The zero-order valence-corrected chi connectivity index (χ0v) is 10.2. The van der Waals surface area contributed by atoms with Crippen molar-refractivity contribution in [2.75, 3.05) is 6.61 Å². The van der Waals surface area contributed by atoms with Crippen LogP contribution >= 0.6 is 0 Å². The fraction of sp³-hybridized carbons (Fsp3) is 0.923. The van der Waals surface area contributed by atoms with Crippen molar-refractivity contribution in [3.63, 3.8) is 0 Å². The summed E-state index contributed by atoms with van der Waals surface area (Å²) in [5, 5.41) is 3.47. The normalized spacial score (nSPS) is 31.6. The molecule has 2 rings (SSSR count). The van der Waals surface area contributed by atoms with Crippen LogP contribution in [0.25, 0.3) is 0 Å². The molecule has 1 aliphatic carbocycles. The standard InChI is InChI=1S/C13H23NO2/c1-2-16-13(15)12-9-8-11(14-12)10-6-4-3-5-7-10/h10-12,14H,2-9H2,1H3/t11-,12+/m0/s1. The van der Waals surface area contributed by atoms with Gasteiger partial charge < -0.3 is 10.1 Å². The molecule has 0 spiro atoms. The van der Waals surface area contributed by atoms with E-state index in [1.807, 2.05) is 6.92 Å². The van der Waals surface area contributed by atoms with Gasteiger partial charge in [-0.3, -0.25) is 4.79 Å². The van der Waals surface area contributed by atoms with Crippen LogP contribution in [0.3, 0.4) is 0 Å². The number of nitrogens with one attached hydrogen (secondary N) is 1. The molecule has 3 heteroatoms. The summed E-state index contributed by atoms with van der Waals surface area (Å²) in [6, 6.07) is 0.529. The van der Waals surface area contributed by atoms with Crippen molar-refractivity contribution < 1.29 is 9.53 Å². The van der Waals surface area contributed by atoms with Crippen LogP contribution in [-0.4, -0.2) is 24.7 Å². The van der Waals surface area contributed by atoms with Gasteiger partial charge in [0.1, 0.15) is 6.04 Å². The van der Waals surface area contributed by atoms with E-state index in [0.717, 1.165) is 18.8 Å². The average Bonchev–Trinajstić information content (AvgIpc) is 2.80. The molecule has 1 heterocycles. The fourth-order valence-electron chi connectivity index (χ4n) is 3.11. The zero-order valence-electron chi connectivity index (χ0n) is 10.2. The summed E-state index contributed by atoms with van der Waals surface area (Å²) in [5.41, 5.74) is 0. The molecule has 0 amide bonds. The Kier molecular flexibility index (Phi) is 4.22. The first-order valence-electron chi connectivity index (χ1n) is 6.74. The number of carbonyl (C=O) groups excluding carboxylic acids is 1. The van der Waals surface area contributed by atoms with Gasteiger partial charge in [0.15, 0.2) is 0 Å². The number of hydrogen-bond acceptors (Lipinski definition) is 3. The number of hydrogen-bond donors (Lipinski definition) is 1. The van der Waals surface area contributed by atoms with E-state index in [-0.39, 0.29) is 12.0 Å². The summed E-state index contributed by atoms with van der Waals surface area (Å²) in [6.45, 7) is 2.36. The smallest absolute Gasteiger partial charge is 0.323 e. The van der Waals surface area contributed by atoms with E-state index in [2.05, 4.69) is 5.32 Å². The lowest BCUT2D eigenvalue weighted by Crippen LogP contribution is -2.40. The summed E-state index contributed by atoms with van der Waals surface area (Å²) in [4.78, 5) is 11.6. The Morgan fingerprint density at radius 2 is 1.94 bits per heavy atom. The van der Waals surface area contributed by atoms with E-state index in [9.17, 15) is 4.79 Å². The fourth-order valence-corrected chi connectivity index (χ4v) is 3.11. The molecular weight excluding hydrogens is 202 g/mol. The van der Waals surface area contributed by atoms with Gasteiger partial charge in [0.05, 0.1) is 6.61 Å². The third kappa shape index (κ3) is 2.76. The molecule has 0 aromatic rings. The molecule has 3 nitrogen and oxygen atoms in total. The highest BCUT2D eigenvalue weighted by Gasteiger charge is 2.34. The molecule has 1 N–H and O–H groups in total. The van der Waals surface area contributed by atoms with Crippen LogP contribution in [0.5, 0.6) is 0 Å². The van der Waals surface area contributed by atoms with Crippen LogP contribution in [0.4, 0.5) is 0 Å². The lowest BCUT2D eigenvalue weighted by molar-refractivity contribution is -0.145. The zero-order chi connectivity index (χ0) is 11.4. The van der Waals surface area contributed by atoms with E-state index >= 15 is 0 Å². The van der Waals surface area contributed by atoms with Gasteiger partial charge >= 0.3 is 5.97 Å². The van der Waals surface area contributed by atoms with Gasteiger partial charge in [-0.25, -0.2) is 0 Å². The van der Waals surface area contributed by atoms with Gasteiger partial charge in [-0.05, 0) is 38.5 Å². The number of esters is 1. The summed E-state index contributed by atoms with van der Waals surface area (Å²) >= 11 is 0. The minimum absolute atomic E-state index is 0.0353. The van der Waals surface area contributed by atoms with Gasteiger partial charge in [-0.1, -0.05) is 19.3 Å². The van der Waals surface area contributed by atoms with E-state index < -0.39 is 0 Å². The molecule has 2 atom stereocenters. The molecule has 0 aromatic heterocycles. The monoisotopic (exact) mass is 225 g/mol. The molecule has 0 aromatic carbocycles. The van der Waals surface area contributed by atoms with Gasteiger partial charge in [-0.2, -0.15) is 0 Å². The van der Waals surface area contributed by atoms with Gasteiger partial charge in [0.25, 0.3) is 0 Å². The summed E-state index contributed by atoms with van der Waals surface area (Å²) in [7, 11) is 0. The lowest BCUT2D eigenvalue weighted by atomic mass is 9.83. The molecule has 0 bridgehead atoms. The second-order valence-electron chi connectivity index (χ2n) is 5.05.